The Hall–Kier alpha value is -1.73. The van der Waals surface area contributed by atoms with Crippen molar-refractivity contribution in [2.24, 2.45) is 0 Å². The zero-order chi connectivity index (χ0) is 16.2. The lowest BCUT2D eigenvalue weighted by Crippen LogP contribution is -2.40. The van der Waals surface area contributed by atoms with Gasteiger partial charge in [0.1, 0.15) is 5.01 Å². The third kappa shape index (κ3) is 3.97. The summed E-state index contributed by atoms with van der Waals surface area (Å²) in [5, 5.41) is 7.35. The van der Waals surface area contributed by atoms with Crippen molar-refractivity contribution in [2.75, 3.05) is 0 Å². The van der Waals surface area contributed by atoms with Gasteiger partial charge in [-0.25, -0.2) is 9.78 Å². The highest BCUT2D eigenvalue weighted by atomic mass is 32.1. The molecule has 2 aromatic rings. The van der Waals surface area contributed by atoms with Gasteiger partial charge in [-0.2, -0.15) is 0 Å². The molecule has 0 radical (unpaired) electrons. The number of thiophene rings is 1. The number of carbonyl (C=O) groups excluding carboxylic acids is 2. The first-order chi connectivity index (χ1) is 11.1. The fourth-order valence-electron chi connectivity index (χ4n) is 2.54. The second kappa shape index (κ2) is 7.23. The quantitative estimate of drug-likeness (QED) is 0.838. The molecule has 1 aliphatic rings. The Kier molecular flexibility index (Phi) is 5.07. The summed E-state index contributed by atoms with van der Waals surface area (Å²) < 4.78 is 5.24. The van der Waals surface area contributed by atoms with Crippen LogP contribution in [0.1, 0.15) is 43.1 Å². The molecule has 5 nitrogen and oxygen atoms in total. The molecule has 1 atom stereocenters. The Morgan fingerprint density at radius 3 is 2.83 bits per heavy atom. The number of esters is 1. The van der Waals surface area contributed by atoms with Gasteiger partial charge >= 0.3 is 5.97 Å². The molecule has 122 valence electrons. The Morgan fingerprint density at radius 2 is 2.13 bits per heavy atom. The minimum atomic E-state index is -0.810. The minimum Gasteiger partial charge on any atom is -0.448 e. The van der Waals surface area contributed by atoms with Crippen LogP contribution in [0.2, 0.25) is 0 Å². The average molecular weight is 350 g/mol. The number of hydrogen-bond acceptors (Lipinski definition) is 6. The SMILES string of the molecule is C[C@H](OC(=O)c1csc(-c2cccs2)n1)C(=O)NC1CCCC1. The summed E-state index contributed by atoms with van der Waals surface area (Å²) in [5.41, 5.74) is 0.249. The van der Waals surface area contributed by atoms with Crippen LogP contribution in [0.4, 0.5) is 0 Å². The van der Waals surface area contributed by atoms with Crippen LogP contribution in [0.3, 0.4) is 0 Å². The summed E-state index contributed by atoms with van der Waals surface area (Å²) in [4.78, 5) is 29.5. The van der Waals surface area contributed by atoms with Crippen molar-refractivity contribution < 1.29 is 14.3 Å². The molecule has 1 amide bonds. The number of rotatable bonds is 5. The van der Waals surface area contributed by atoms with Crippen LogP contribution >= 0.6 is 22.7 Å². The van der Waals surface area contributed by atoms with Gasteiger partial charge in [-0.05, 0) is 31.2 Å². The number of carbonyl (C=O) groups is 2. The second-order valence-electron chi connectivity index (χ2n) is 5.55. The number of thiazole rings is 1. The van der Waals surface area contributed by atoms with Crippen LogP contribution in [-0.4, -0.2) is 29.0 Å². The molecule has 1 N–H and O–H groups in total. The molecule has 0 spiro atoms. The Bertz CT molecular complexity index is 675. The van der Waals surface area contributed by atoms with Crippen molar-refractivity contribution in [3.63, 3.8) is 0 Å². The molecule has 0 bridgehead atoms. The highest BCUT2D eigenvalue weighted by molar-refractivity contribution is 7.20. The largest absolute Gasteiger partial charge is 0.448 e. The number of ether oxygens (including phenoxy) is 1. The molecular formula is C16H18N2O3S2. The summed E-state index contributed by atoms with van der Waals surface area (Å²) in [6, 6.07) is 4.11. The van der Waals surface area contributed by atoms with Crippen molar-refractivity contribution >= 4 is 34.6 Å². The maximum absolute atomic E-state index is 12.1. The van der Waals surface area contributed by atoms with Gasteiger partial charge in [0.25, 0.3) is 5.91 Å². The molecule has 0 aromatic carbocycles. The van der Waals surface area contributed by atoms with Gasteiger partial charge in [-0.15, -0.1) is 22.7 Å². The number of hydrogen-bond donors (Lipinski definition) is 1. The van der Waals surface area contributed by atoms with E-state index in [-0.39, 0.29) is 17.6 Å². The standard InChI is InChI=1S/C16H18N2O3S2/c1-10(14(19)17-11-5-2-3-6-11)21-16(20)12-9-23-15(18-12)13-7-4-8-22-13/h4,7-11H,2-3,5-6H2,1H3,(H,17,19)/t10-/m0/s1. The summed E-state index contributed by atoms with van der Waals surface area (Å²) in [6.07, 6.45) is 3.48. The molecule has 0 saturated heterocycles. The van der Waals surface area contributed by atoms with E-state index in [4.69, 9.17) is 4.74 Å². The maximum atomic E-state index is 12.1. The lowest BCUT2D eigenvalue weighted by atomic mass is 10.2. The van der Waals surface area contributed by atoms with Gasteiger partial charge in [0, 0.05) is 11.4 Å². The second-order valence-corrected chi connectivity index (χ2v) is 7.36. The molecule has 3 rings (SSSR count). The first-order valence-corrected chi connectivity index (χ1v) is 9.40. The Morgan fingerprint density at radius 1 is 1.35 bits per heavy atom. The predicted molar refractivity (Wildman–Crippen MR) is 90.7 cm³/mol. The van der Waals surface area contributed by atoms with Crippen LogP contribution < -0.4 is 5.32 Å². The highest BCUT2D eigenvalue weighted by Crippen LogP contribution is 2.28. The van der Waals surface area contributed by atoms with Crippen molar-refractivity contribution in [3.8, 4) is 9.88 Å². The maximum Gasteiger partial charge on any atom is 0.358 e. The predicted octanol–water partition coefficient (Wildman–Crippen LogP) is 3.48. The highest BCUT2D eigenvalue weighted by Gasteiger charge is 2.24. The number of nitrogens with one attached hydrogen (secondary N) is 1. The topological polar surface area (TPSA) is 68.3 Å². The van der Waals surface area contributed by atoms with E-state index in [1.165, 1.54) is 11.3 Å². The van der Waals surface area contributed by atoms with Crippen LogP contribution in [0, 0.1) is 0 Å². The summed E-state index contributed by atoms with van der Waals surface area (Å²) in [6.45, 7) is 1.59. The minimum absolute atomic E-state index is 0.216. The van der Waals surface area contributed by atoms with E-state index in [1.807, 2.05) is 17.5 Å². The first-order valence-electron chi connectivity index (χ1n) is 7.64. The van der Waals surface area contributed by atoms with Gasteiger partial charge < -0.3 is 10.1 Å². The normalized spacial score (nSPS) is 16.2. The lowest BCUT2D eigenvalue weighted by molar-refractivity contribution is -0.129. The number of nitrogens with zero attached hydrogens (tertiary/aromatic N) is 1. The fourth-order valence-corrected chi connectivity index (χ4v) is 4.15. The zero-order valence-electron chi connectivity index (χ0n) is 12.8. The van der Waals surface area contributed by atoms with E-state index in [2.05, 4.69) is 10.3 Å². The summed E-state index contributed by atoms with van der Waals surface area (Å²) >= 11 is 2.96. The van der Waals surface area contributed by atoms with E-state index in [1.54, 1.807) is 23.6 Å². The van der Waals surface area contributed by atoms with Gasteiger partial charge in [0.05, 0.1) is 4.88 Å². The van der Waals surface area contributed by atoms with Gasteiger partial charge in [-0.1, -0.05) is 18.9 Å². The fraction of sp³-hybridized carbons (Fsp3) is 0.438. The van der Waals surface area contributed by atoms with Crippen molar-refractivity contribution in [1.29, 1.82) is 0 Å². The Balaban J connectivity index is 1.56. The van der Waals surface area contributed by atoms with E-state index in [0.717, 1.165) is 35.6 Å². The van der Waals surface area contributed by atoms with Crippen molar-refractivity contribution in [3.05, 3.63) is 28.6 Å². The molecule has 1 saturated carbocycles. The van der Waals surface area contributed by atoms with Gasteiger partial charge in [0.15, 0.2) is 11.8 Å². The third-order valence-electron chi connectivity index (χ3n) is 3.80. The summed E-state index contributed by atoms with van der Waals surface area (Å²) in [5.74, 6) is -0.794. The van der Waals surface area contributed by atoms with Crippen LogP contribution in [0.5, 0.6) is 0 Å². The van der Waals surface area contributed by atoms with E-state index in [9.17, 15) is 9.59 Å². The van der Waals surface area contributed by atoms with Gasteiger partial charge in [-0.3, -0.25) is 4.79 Å². The summed E-state index contributed by atoms with van der Waals surface area (Å²) in [7, 11) is 0. The number of aromatic nitrogens is 1. The van der Waals surface area contributed by atoms with Crippen LogP contribution in [0.15, 0.2) is 22.9 Å². The van der Waals surface area contributed by atoms with Crippen molar-refractivity contribution in [2.45, 2.75) is 44.8 Å². The third-order valence-corrected chi connectivity index (χ3v) is 5.68. The van der Waals surface area contributed by atoms with E-state index >= 15 is 0 Å². The molecule has 0 aliphatic heterocycles. The van der Waals surface area contributed by atoms with E-state index < -0.39 is 12.1 Å². The monoisotopic (exact) mass is 350 g/mol. The molecule has 0 unspecified atom stereocenters. The zero-order valence-corrected chi connectivity index (χ0v) is 14.4. The van der Waals surface area contributed by atoms with Crippen LogP contribution in [0.25, 0.3) is 9.88 Å². The molecule has 2 aromatic heterocycles. The molecule has 7 heteroatoms. The average Bonchev–Trinajstić information content (AvgIpc) is 3.28. The van der Waals surface area contributed by atoms with Crippen LogP contribution in [-0.2, 0) is 9.53 Å². The smallest absolute Gasteiger partial charge is 0.358 e. The first kappa shape index (κ1) is 16.1. The Labute approximate surface area is 142 Å². The molecule has 1 aliphatic carbocycles. The molecule has 1 fully saturated rings. The van der Waals surface area contributed by atoms with Crippen molar-refractivity contribution in [1.82, 2.24) is 10.3 Å². The molecule has 23 heavy (non-hydrogen) atoms. The lowest BCUT2D eigenvalue weighted by Gasteiger charge is -2.16. The number of amides is 1. The van der Waals surface area contributed by atoms with E-state index in [0.29, 0.717) is 0 Å². The van der Waals surface area contributed by atoms with Gasteiger partial charge in [0.2, 0.25) is 0 Å². The molecule has 2 heterocycles. The molecular weight excluding hydrogens is 332 g/mol.